The van der Waals surface area contributed by atoms with Crippen molar-refractivity contribution in [2.24, 2.45) is 29.6 Å². The Hall–Kier alpha value is -0.0400. The predicted octanol–water partition coefficient (Wildman–Crippen LogP) is 10.8. The lowest BCUT2D eigenvalue weighted by Gasteiger charge is -2.16. The smallest absolute Gasteiger partial charge is 0.00464 e. The Kier molecular flexibility index (Phi) is 23.7. The molecule has 0 aromatic carbocycles. The van der Waals surface area contributed by atoms with Crippen molar-refractivity contribution in [3.05, 3.63) is 0 Å². The third-order valence-corrected chi connectivity index (χ3v) is 7.91. The Morgan fingerprint density at radius 3 is 1.33 bits per heavy atom. The molecule has 0 amide bonds. The van der Waals surface area contributed by atoms with Gasteiger partial charge in [-0.25, -0.2) is 0 Å². The maximum atomic E-state index is 3.68. The molecule has 4 unspecified atom stereocenters. The Morgan fingerprint density at radius 1 is 0.394 bits per heavy atom. The van der Waals surface area contributed by atoms with Crippen LogP contribution >= 0.6 is 0 Å². The zero-order chi connectivity index (χ0) is 24.7. The molecule has 0 saturated heterocycles. The molecule has 0 rings (SSSR count). The van der Waals surface area contributed by atoms with Gasteiger partial charge in [-0.2, -0.15) is 0 Å². The van der Waals surface area contributed by atoms with Crippen LogP contribution in [0.2, 0.25) is 0 Å². The molecule has 200 valence electrons. The van der Waals surface area contributed by atoms with Crippen molar-refractivity contribution >= 4 is 0 Å². The molecule has 0 radical (unpaired) electrons. The average molecular weight is 466 g/mol. The van der Waals surface area contributed by atoms with Crippen LogP contribution < -0.4 is 5.32 Å². The number of rotatable bonds is 25. The van der Waals surface area contributed by atoms with Crippen LogP contribution in [0.1, 0.15) is 164 Å². The molecule has 0 aromatic heterocycles. The highest BCUT2D eigenvalue weighted by Crippen LogP contribution is 2.23. The minimum atomic E-state index is 0.875. The topological polar surface area (TPSA) is 12.0 Å². The number of unbranched alkanes of at least 4 members (excludes halogenated alkanes) is 4. The minimum absolute atomic E-state index is 0.875. The Labute approximate surface area is 212 Å². The highest BCUT2D eigenvalue weighted by molar-refractivity contribution is 4.62. The van der Waals surface area contributed by atoms with E-state index >= 15 is 0 Å². The molecule has 0 aliphatic heterocycles. The van der Waals surface area contributed by atoms with Crippen LogP contribution in [0.4, 0.5) is 0 Å². The predicted molar refractivity (Wildman–Crippen MR) is 153 cm³/mol. The van der Waals surface area contributed by atoms with Gasteiger partial charge in [-0.15, -0.1) is 0 Å². The maximum Gasteiger partial charge on any atom is -0.00464 e. The molecule has 0 spiro atoms. The van der Waals surface area contributed by atoms with Gasteiger partial charge in [0, 0.05) is 0 Å². The second-order valence-corrected chi connectivity index (χ2v) is 12.5. The summed E-state index contributed by atoms with van der Waals surface area (Å²) in [4.78, 5) is 0. The summed E-state index contributed by atoms with van der Waals surface area (Å²) in [5, 5.41) is 3.68. The van der Waals surface area contributed by atoms with Crippen molar-refractivity contribution in [3.63, 3.8) is 0 Å². The number of nitrogens with one attached hydrogen (secondary N) is 1. The summed E-state index contributed by atoms with van der Waals surface area (Å²) >= 11 is 0. The van der Waals surface area contributed by atoms with Gasteiger partial charge in [-0.3, -0.25) is 0 Å². The molecule has 33 heavy (non-hydrogen) atoms. The van der Waals surface area contributed by atoms with Crippen molar-refractivity contribution in [1.29, 1.82) is 0 Å². The summed E-state index contributed by atoms with van der Waals surface area (Å²) < 4.78 is 0. The van der Waals surface area contributed by atoms with Crippen molar-refractivity contribution < 1.29 is 0 Å². The normalized spacial score (nSPS) is 15.6. The van der Waals surface area contributed by atoms with E-state index in [1.54, 1.807) is 0 Å². The first kappa shape index (κ1) is 33.0. The van der Waals surface area contributed by atoms with Crippen LogP contribution in [-0.2, 0) is 0 Å². The van der Waals surface area contributed by atoms with Gasteiger partial charge in [0.05, 0.1) is 0 Å². The monoisotopic (exact) mass is 466 g/mol. The fourth-order valence-electron chi connectivity index (χ4n) is 5.31. The summed E-state index contributed by atoms with van der Waals surface area (Å²) in [6, 6.07) is 0. The summed E-state index contributed by atoms with van der Waals surface area (Å²) in [5.41, 5.74) is 0. The van der Waals surface area contributed by atoms with Gasteiger partial charge in [-0.05, 0) is 55.5 Å². The highest BCUT2D eigenvalue weighted by atomic mass is 14.8. The third-order valence-electron chi connectivity index (χ3n) is 7.91. The quantitative estimate of drug-likeness (QED) is 0.132. The summed E-state index contributed by atoms with van der Waals surface area (Å²) in [6.07, 6.45) is 25.6. The van der Waals surface area contributed by atoms with Crippen LogP contribution in [0.15, 0.2) is 0 Å². The van der Waals surface area contributed by atoms with E-state index in [1.807, 2.05) is 0 Å². The Balaban J connectivity index is 3.45. The van der Waals surface area contributed by atoms with E-state index in [0.717, 1.165) is 29.6 Å². The Bertz CT molecular complexity index is 377. The lowest BCUT2D eigenvalue weighted by Crippen LogP contribution is -2.18. The van der Waals surface area contributed by atoms with Crippen LogP contribution in [-0.4, -0.2) is 13.1 Å². The van der Waals surface area contributed by atoms with Gasteiger partial charge >= 0.3 is 0 Å². The van der Waals surface area contributed by atoms with E-state index < -0.39 is 0 Å². The zero-order valence-electron chi connectivity index (χ0n) is 24.5. The van der Waals surface area contributed by atoms with Crippen molar-refractivity contribution in [2.45, 2.75) is 164 Å². The fourth-order valence-corrected chi connectivity index (χ4v) is 5.31. The van der Waals surface area contributed by atoms with E-state index in [2.05, 4.69) is 53.8 Å². The van der Waals surface area contributed by atoms with Crippen molar-refractivity contribution in [1.82, 2.24) is 5.32 Å². The molecule has 0 aromatic rings. The number of hydrogen-bond donors (Lipinski definition) is 1. The second-order valence-electron chi connectivity index (χ2n) is 12.5. The Morgan fingerprint density at radius 2 is 0.818 bits per heavy atom. The zero-order valence-corrected chi connectivity index (χ0v) is 24.5. The third kappa shape index (κ3) is 24.9. The number of hydrogen-bond acceptors (Lipinski definition) is 1. The van der Waals surface area contributed by atoms with Gasteiger partial charge < -0.3 is 5.32 Å². The molecule has 0 saturated carbocycles. The molecular weight excluding hydrogens is 398 g/mol. The molecule has 1 N–H and O–H groups in total. The van der Waals surface area contributed by atoms with E-state index in [0.29, 0.717) is 0 Å². The van der Waals surface area contributed by atoms with Gasteiger partial charge in [0.2, 0.25) is 0 Å². The van der Waals surface area contributed by atoms with Crippen LogP contribution in [0.3, 0.4) is 0 Å². The lowest BCUT2D eigenvalue weighted by molar-refractivity contribution is 0.375. The van der Waals surface area contributed by atoms with Crippen molar-refractivity contribution in [3.8, 4) is 0 Å². The second kappa shape index (κ2) is 23.7. The van der Waals surface area contributed by atoms with Gasteiger partial charge in [0.25, 0.3) is 0 Å². The first-order valence-electron chi connectivity index (χ1n) is 15.6. The SMILES string of the molecule is CCCC(C)CCCC(C)CCCCC(C)CCCC(C)CCNCCCCCCC(C)C. The lowest BCUT2D eigenvalue weighted by atomic mass is 9.91. The molecule has 4 atom stereocenters. The molecular formula is C32H67N. The average Bonchev–Trinajstić information content (AvgIpc) is 2.75. The molecule has 1 nitrogen and oxygen atoms in total. The maximum absolute atomic E-state index is 3.68. The largest absolute Gasteiger partial charge is 0.317 e. The van der Waals surface area contributed by atoms with Crippen molar-refractivity contribution in [2.75, 3.05) is 13.1 Å². The summed E-state index contributed by atoms with van der Waals surface area (Å²) in [5.74, 6) is 4.57. The van der Waals surface area contributed by atoms with Gasteiger partial charge in [-0.1, -0.05) is 151 Å². The molecule has 0 fully saturated rings. The standard InChI is InChI=1S/C32H67N/c1-8-17-29(4)21-15-22-30(5)19-12-13-20-31(6)23-16-24-32(7)25-27-33-26-14-10-9-11-18-28(2)3/h28-33H,8-27H2,1-7H3. The minimum Gasteiger partial charge on any atom is -0.317 e. The molecule has 0 heterocycles. The first-order chi connectivity index (χ1) is 15.8. The molecule has 0 aliphatic rings. The first-order valence-corrected chi connectivity index (χ1v) is 15.6. The molecule has 0 bridgehead atoms. The fraction of sp³-hybridized carbons (Fsp3) is 1.00. The van der Waals surface area contributed by atoms with Crippen LogP contribution in [0.25, 0.3) is 0 Å². The summed E-state index contributed by atoms with van der Waals surface area (Å²) in [7, 11) is 0. The van der Waals surface area contributed by atoms with E-state index in [4.69, 9.17) is 0 Å². The van der Waals surface area contributed by atoms with E-state index in [-0.39, 0.29) is 0 Å². The van der Waals surface area contributed by atoms with E-state index in [9.17, 15) is 0 Å². The van der Waals surface area contributed by atoms with Gasteiger partial charge in [0.1, 0.15) is 0 Å². The molecule has 0 aliphatic carbocycles. The summed E-state index contributed by atoms with van der Waals surface area (Å²) in [6.45, 7) is 19.3. The molecule has 1 heteroatoms. The van der Waals surface area contributed by atoms with Crippen LogP contribution in [0, 0.1) is 29.6 Å². The van der Waals surface area contributed by atoms with E-state index in [1.165, 1.54) is 129 Å². The highest BCUT2D eigenvalue weighted by Gasteiger charge is 2.08. The van der Waals surface area contributed by atoms with Gasteiger partial charge in [0.15, 0.2) is 0 Å². The van der Waals surface area contributed by atoms with Crippen LogP contribution in [0.5, 0.6) is 0 Å².